The van der Waals surface area contributed by atoms with Crippen LogP contribution in [0.1, 0.15) is 23.4 Å². The summed E-state index contributed by atoms with van der Waals surface area (Å²) in [7, 11) is 2.13. The maximum Gasteiger partial charge on any atom is 0.225 e. The minimum absolute atomic E-state index is 0.176. The molecule has 0 radical (unpaired) electrons. The molecule has 4 heterocycles. The summed E-state index contributed by atoms with van der Waals surface area (Å²) in [6, 6.07) is 0. The maximum atomic E-state index is 9.59. The number of piperidine rings is 1. The summed E-state index contributed by atoms with van der Waals surface area (Å²) in [5.41, 5.74) is 2.20. The van der Waals surface area contributed by atoms with Gasteiger partial charge >= 0.3 is 0 Å². The molecule has 122 valence electrons. The van der Waals surface area contributed by atoms with Crippen LogP contribution < -0.4 is 4.90 Å². The van der Waals surface area contributed by atoms with Gasteiger partial charge in [0, 0.05) is 49.0 Å². The molecule has 1 fully saturated rings. The predicted octanol–water partition coefficient (Wildman–Crippen LogP) is 1.55. The normalized spacial score (nSPS) is 19.8. The van der Waals surface area contributed by atoms with Crippen molar-refractivity contribution < 1.29 is 5.11 Å². The Bertz CT molecular complexity index is 678. The molecule has 0 spiro atoms. The molecule has 0 saturated carbocycles. The third-order valence-corrected chi connectivity index (χ3v) is 5.76. The molecular formula is C16H21N5OS. The van der Waals surface area contributed by atoms with Crippen molar-refractivity contribution in [2.45, 2.75) is 31.9 Å². The van der Waals surface area contributed by atoms with E-state index in [1.54, 1.807) is 11.3 Å². The number of aromatic nitrogens is 3. The topological polar surface area (TPSA) is 65.4 Å². The highest BCUT2D eigenvalue weighted by atomic mass is 32.1. The molecule has 6 nitrogen and oxygen atoms in total. The number of fused-ring (bicyclic) bond motifs is 1. The molecule has 2 aromatic heterocycles. The second kappa shape index (κ2) is 6.14. The predicted molar refractivity (Wildman–Crippen MR) is 90.6 cm³/mol. The molecule has 7 heteroatoms. The van der Waals surface area contributed by atoms with Gasteiger partial charge in [-0.2, -0.15) is 0 Å². The zero-order valence-corrected chi connectivity index (χ0v) is 14.1. The molecule has 2 aliphatic rings. The summed E-state index contributed by atoms with van der Waals surface area (Å²) < 4.78 is 0. The van der Waals surface area contributed by atoms with Crippen LogP contribution in [0, 0.1) is 0 Å². The van der Waals surface area contributed by atoms with Crippen molar-refractivity contribution in [3.8, 4) is 10.6 Å². The lowest BCUT2D eigenvalue weighted by molar-refractivity contribution is 0.145. The quantitative estimate of drug-likeness (QED) is 0.901. The van der Waals surface area contributed by atoms with E-state index in [0.29, 0.717) is 0 Å². The van der Waals surface area contributed by atoms with Gasteiger partial charge in [-0.05, 0) is 26.3 Å². The van der Waals surface area contributed by atoms with Crippen LogP contribution in [0.3, 0.4) is 0 Å². The van der Waals surface area contributed by atoms with Crippen molar-refractivity contribution in [2.24, 2.45) is 0 Å². The van der Waals surface area contributed by atoms with Gasteiger partial charge < -0.3 is 14.9 Å². The Balaban J connectivity index is 1.52. The molecule has 0 aromatic carbocycles. The van der Waals surface area contributed by atoms with E-state index in [1.807, 2.05) is 12.4 Å². The second-order valence-corrected chi connectivity index (χ2v) is 7.45. The summed E-state index contributed by atoms with van der Waals surface area (Å²) in [4.78, 5) is 19.6. The van der Waals surface area contributed by atoms with Crippen LogP contribution in [0.15, 0.2) is 12.4 Å². The van der Waals surface area contributed by atoms with Crippen molar-refractivity contribution in [3.63, 3.8) is 0 Å². The summed E-state index contributed by atoms with van der Waals surface area (Å²) in [6.07, 6.45) is 6.24. The molecule has 0 amide bonds. The van der Waals surface area contributed by atoms with Crippen LogP contribution in [0.4, 0.5) is 5.95 Å². The van der Waals surface area contributed by atoms with E-state index in [4.69, 9.17) is 4.98 Å². The minimum atomic E-state index is -0.176. The van der Waals surface area contributed by atoms with Crippen LogP contribution in [0.5, 0.6) is 0 Å². The van der Waals surface area contributed by atoms with Crippen LogP contribution in [-0.4, -0.2) is 57.7 Å². The Morgan fingerprint density at radius 1 is 1.17 bits per heavy atom. The first-order chi connectivity index (χ1) is 11.2. The Labute approximate surface area is 139 Å². The van der Waals surface area contributed by atoms with Crippen molar-refractivity contribution in [3.05, 3.63) is 23.0 Å². The number of hydrogen-bond donors (Lipinski definition) is 1. The molecule has 23 heavy (non-hydrogen) atoms. The van der Waals surface area contributed by atoms with Gasteiger partial charge in [0.15, 0.2) is 0 Å². The molecule has 0 atom stereocenters. The molecular weight excluding hydrogens is 310 g/mol. The largest absolute Gasteiger partial charge is 0.393 e. The van der Waals surface area contributed by atoms with Crippen molar-refractivity contribution in [1.82, 2.24) is 19.9 Å². The van der Waals surface area contributed by atoms with E-state index >= 15 is 0 Å². The minimum Gasteiger partial charge on any atom is -0.393 e. The Morgan fingerprint density at radius 2 is 1.91 bits per heavy atom. The van der Waals surface area contributed by atoms with Gasteiger partial charge in [-0.3, -0.25) is 0 Å². The highest BCUT2D eigenvalue weighted by Crippen LogP contribution is 2.31. The summed E-state index contributed by atoms with van der Waals surface area (Å²) in [6.45, 7) is 3.67. The number of aliphatic hydroxyl groups is 1. The van der Waals surface area contributed by atoms with Gasteiger partial charge in [-0.15, -0.1) is 11.3 Å². The van der Waals surface area contributed by atoms with E-state index in [2.05, 4.69) is 26.8 Å². The van der Waals surface area contributed by atoms with Crippen LogP contribution in [0.2, 0.25) is 0 Å². The lowest BCUT2D eigenvalue weighted by Gasteiger charge is -2.29. The third kappa shape index (κ3) is 3.08. The Hall–Kier alpha value is -1.57. The van der Waals surface area contributed by atoms with E-state index in [-0.39, 0.29) is 6.10 Å². The average molecular weight is 331 g/mol. The maximum absolute atomic E-state index is 9.59. The zero-order valence-electron chi connectivity index (χ0n) is 13.3. The average Bonchev–Trinajstić information content (AvgIpc) is 2.99. The molecule has 0 aliphatic carbocycles. The fraction of sp³-hybridized carbons (Fsp3) is 0.562. The standard InChI is InChI=1S/C16H21N5OS/c1-20-5-4-14-13(10-20)19-15(23-14)11-8-17-16(18-9-11)21-6-2-12(22)3-7-21/h8-9,12,22H,2-7,10H2,1H3. The van der Waals surface area contributed by atoms with Gasteiger partial charge in [0.05, 0.1) is 11.8 Å². The highest BCUT2D eigenvalue weighted by Gasteiger charge is 2.21. The molecule has 0 unspecified atom stereocenters. The van der Waals surface area contributed by atoms with E-state index in [1.165, 1.54) is 10.6 Å². The summed E-state index contributed by atoms with van der Waals surface area (Å²) >= 11 is 1.77. The van der Waals surface area contributed by atoms with E-state index in [0.717, 1.165) is 62.0 Å². The first-order valence-corrected chi connectivity index (χ1v) is 8.93. The number of hydrogen-bond acceptors (Lipinski definition) is 7. The van der Waals surface area contributed by atoms with Gasteiger partial charge in [0.2, 0.25) is 5.95 Å². The van der Waals surface area contributed by atoms with Crippen LogP contribution >= 0.6 is 11.3 Å². The number of rotatable bonds is 2. The van der Waals surface area contributed by atoms with E-state index < -0.39 is 0 Å². The van der Waals surface area contributed by atoms with Gasteiger partial charge in [0.25, 0.3) is 0 Å². The van der Waals surface area contributed by atoms with Crippen LogP contribution in [0.25, 0.3) is 10.6 Å². The molecule has 2 aromatic rings. The van der Waals surface area contributed by atoms with Crippen molar-refractivity contribution in [2.75, 3.05) is 31.6 Å². The number of anilines is 1. The van der Waals surface area contributed by atoms with Crippen molar-refractivity contribution in [1.29, 1.82) is 0 Å². The van der Waals surface area contributed by atoms with Crippen molar-refractivity contribution >= 4 is 17.3 Å². The fourth-order valence-electron chi connectivity index (χ4n) is 3.11. The van der Waals surface area contributed by atoms with Gasteiger partial charge in [-0.1, -0.05) is 0 Å². The number of aliphatic hydroxyl groups excluding tert-OH is 1. The van der Waals surface area contributed by atoms with Gasteiger partial charge in [0.1, 0.15) is 5.01 Å². The molecule has 4 rings (SSSR count). The Morgan fingerprint density at radius 3 is 2.65 bits per heavy atom. The molecule has 1 saturated heterocycles. The SMILES string of the molecule is CN1CCc2sc(-c3cnc(N4CCC(O)CC4)nc3)nc2C1. The number of likely N-dealkylation sites (N-methyl/N-ethyl adjacent to an activating group) is 1. The molecule has 1 N–H and O–H groups in total. The lowest BCUT2D eigenvalue weighted by atomic mass is 10.1. The first kappa shape index (κ1) is 15.0. The number of nitrogens with zero attached hydrogens (tertiary/aromatic N) is 5. The summed E-state index contributed by atoms with van der Waals surface area (Å²) in [5, 5.41) is 10.6. The lowest BCUT2D eigenvalue weighted by Crippen LogP contribution is -2.36. The van der Waals surface area contributed by atoms with Gasteiger partial charge in [-0.25, -0.2) is 15.0 Å². The smallest absolute Gasteiger partial charge is 0.225 e. The zero-order chi connectivity index (χ0) is 15.8. The fourth-order valence-corrected chi connectivity index (χ4v) is 4.15. The van der Waals surface area contributed by atoms with Crippen LogP contribution in [-0.2, 0) is 13.0 Å². The van der Waals surface area contributed by atoms with E-state index in [9.17, 15) is 5.11 Å². The third-order valence-electron chi connectivity index (χ3n) is 4.55. The second-order valence-electron chi connectivity index (χ2n) is 6.37. The summed E-state index contributed by atoms with van der Waals surface area (Å²) in [5.74, 6) is 0.752. The molecule has 0 bridgehead atoms. The monoisotopic (exact) mass is 331 g/mol. The Kier molecular flexibility index (Phi) is 4.00. The highest BCUT2D eigenvalue weighted by molar-refractivity contribution is 7.15. The number of thiazole rings is 1. The molecule has 2 aliphatic heterocycles. The first-order valence-electron chi connectivity index (χ1n) is 8.11.